The zero-order valence-corrected chi connectivity index (χ0v) is 14.9. The lowest BCUT2D eigenvalue weighted by Gasteiger charge is -2.07. The molecular formula is C17H18N6O2S. The second-order valence-corrected chi connectivity index (χ2v) is 8.31. The van der Waals surface area contributed by atoms with Crippen molar-refractivity contribution in [2.75, 3.05) is 16.9 Å². The van der Waals surface area contributed by atoms with Gasteiger partial charge in [-0.1, -0.05) is 0 Å². The Hall–Kier alpha value is -2.94. The van der Waals surface area contributed by atoms with E-state index in [1.807, 2.05) is 6.07 Å². The van der Waals surface area contributed by atoms with Gasteiger partial charge in [-0.05, 0) is 43.2 Å². The van der Waals surface area contributed by atoms with Gasteiger partial charge in [0.1, 0.15) is 11.6 Å². The molecule has 1 aliphatic carbocycles. The summed E-state index contributed by atoms with van der Waals surface area (Å²) in [6.45, 7) is 0. The van der Waals surface area contributed by atoms with Crippen LogP contribution in [0.2, 0.25) is 0 Å². The van der Waals surface area contributed by atoms with Crippen LogP contribution in [0.3, 0.4) is 0 Å². The minimum atomic E-state index is -3.21. The van der Waals surface area contributed by atoms with Crippen molar-refractivity contribution >= 4 is 33.1 Å². The molecule has 26 heavy (non-hydrogen) atoms. The van der Waals surface area contributed by atoms with Gasteiger partial charge >= 0.3 is 0 Å². The van der Waals surface area contributed by atoms with Crippen molar-refractivity contribution in [3.05, 3.63) is 48.3 Å². The lowest BCUT2D eigenvalue weighted by atomic mass is 10.3. The molecule has 1 aliphatic rings. The first-order chi connectivity index (χ1) is 12.5. The van der Waals surface area contributed by atoms with Crippen LogP contribution >= 0.6 is 0 Å². The van der Waals surface area contributed by atoms with Gasteiger partial charge in [0.05, 0.1) is 10.6 Å². The highest BCUT2D eigenvalue weighted by Gasteiger charge is 2.26. The molecule has 3 aromatic rings. The Bertz CT molecular complexity index is 1030. The summed E-state index contributed by atoms with van der Waals surface area (Å²) in [6.07, 6.45) is 5.21. The van der Waals surface area contributed by atoms with Crippen LogP contribution in [0.5, 0.6) is 0 Å². The Morgan fingerprint density at radius 2 is 1.88 bits per heavy atom. The van der Waals surface area contributed by atoms with Crippen molar-refractivity contribution in [1.29, 1.82) is 0 Å². The highest BCUT2D eigenvalue weighted by Crippen LogP contribution is 2.39. The number of aromatic nitrogens is 4. The number of hydrogen-bond acceptors (Lipinski definition) is 7. The second-order valence-electron chi connectivity index (χ2n) is 6.29. The molecule has 9 heteroatoms. The van der Waals surface area contributed by atoms with Crippen LogP contribution in [-0.4, -0.2) is 34.8 Å². The van der Waals surface area contributed by atoms with Gasteiger partial charge in [0.2, 0.25) is 5.95 Å². The molecule has 0 bridgehead atoms. The molecule has 2 aromatic heterocycles. The van der Waals surface area contributed by atoms with Crippen LogP contribution in [0.1, 0.15) is 24.5 Å². The van der Waals surface area contributed by atoms with E-state index in [0.29, 0.717) is 23.4 Å². The van der Waals surface area contributed by atoms with Crippen LogP contribution < -0.4 is 10.6 Å². The standard InChI is InChI=1S/C17H18N6O2S/c1-26(24,25)13-6-4-12(5-7-13)19-17-18-9-8-15(21-17)20-16-10-14(22-23-16)11-2-3-11/h4-11H,2-3H2,1H3,(H3,18,19,20,21,22,23). The highest BCUT2D eigenvalue weighted by molar-refractivity contribution is 7.90. The van der Waals surface area contributed by atoms with E-state index in [2.05, 4.69) is 30.8 Å². The van der Waals surface area contributed by atoms with Crippen molar-refractivity contribution in [2.45, 2.75) is 23.7 Å². The molecule has 0 radical (unpaired) electrons. The first kappa shape index (κ1) is 16.5. The molecule has 2 heterocycles. The number of anilines is 4. The van der Waals surface area contributed by atoms with E-state index in [4.69, 9.17) is 0 Å². The van der Waals surface area contributed by atoms with E-state index in [-0.39, 0.29) is 4.90 Å². The Labute approximate surface area is 151 Å². The fourth-order valence-electron chi connectivity index (χ4n) is 2.53. The molecule has 0 aliphatic heterocycles. The third-order valence-electron chi connectivity index (χ3n) is 4.05. The Balaban J connectivity index is 1.46. The number of benzene rings is 1. The van der Waals surface area contributed by atoms with Crippen LogP contribution in [0.25, 0.3) is 0 Å². The predicted octanol–water partition coefficient (Wildman–Crippen LogP) is 2.97. The number of aromatic amines is 1. The van der Waals surface area contributed by atoms with Gasteiger partial charge < -0.3 is 10.6 Å². The third kappa shape index (κ3) is 3.83. The molecule has 1 aromatic carbocycles. The predicted molar refractivity (Wildman–Crippen MR) is 98.7 cm³/mol. The van der Waals surface area contributed by atoms with Crippen molar-refractivity contribution in [3.63, 3.8) is 0 Å². The van der Waals surface area contributed by atoms with Crippen LogP contribution in [0.4, 0.5) is 23.3 Å². The number of H-pyrrole nitrogens is 1. The second kappa shape index (κ2) is 6.41. The summed E-state index contributed by atoms with van der Waals surface area (Å²) in [5, 5.41) is 13.5. The van der Waals surface area contributed by atoms with E-state index in [9.17, 15) is 8.42 Å². The molecule has 134 valence electrons. The Kier molecular flexibility index (Phi) is 4.08. The lowest BCUT2D eigenvalue weighted by molar-refractivity contribution is 0.602. The van der Waals surface area contributed by atoms with Gasteiger partial charge in [0.15, 0.2) is 9.84 Å². The van der Waals surface area contributed by atoms with E-state index in [1.54, 1.807) is 36.5 Å². The molecule has 0 spiro atoms. The van der Waals surface area contributed by atoms with E-state index in [0.717, 1.165) is 11.5 Å². The number of sulfone groups is 1. The summed E-state index contributed by atoms with van der Waals surface area (Å²) in [5.74, 6) is 2.40. The maximum Gasteiger partial charge on any atom is 0.229 e. The Morgan fingerprint density at radius 3 is 2.58 bits per heavy atom. The minimum absolute atomic E-state index is 0.269. The molecule has 1 saturated carbocycles. The quantitative estimate of drug-likeness (QED) is 0.611. The summed E-state index contributed by atoms with van der Waals surface area (Å²) >= 11 is 0. The maximum absolute atomic E-state index is 11.5. The molecule has 8 nitrogen and oxygen atoms in total. The normalized spacial score (nSPS) is 14.2. The fraction of sp³-hybridized carbons (Fsp3) is 0.235. The maximum atomic E-state index is 11.5. The van der Waals surface area contributed by atoms with Crippen molar-refractivity contribution in [1.82, 2.24) is 20.2 Å². The molecule has 0 atom stereocenters. The van der Waals surface area contributed by atoms with Gasteiger partial charge in [-0.25, -0.2) is 13.4 Å². The van der Waals surface area contributed by atoms with Crippen molar-refractivity contribution in [3.8, 4) is 0 Å². The molecule has 0 saturated heterocycles. The topological polar surface area (TPSA) is 113 Å². The van der Waals surface area contributed by atoms with Gasteiger partial charge in [0, 0.05) is 30.1 Å². The van der Waals surface area contributed by atoms with E-state index >= 15 is 0 Å². The molecule has 1 fully saturated rings. The van der Waals surface area contributed by atoms with Crippen molar-refractivity contribution < 1.29 is 8.42 Å². The summed E-state index contributed by atoms with van der Waals surface area (Å²) in [4.78, 5) is 8.86. The van der Waals surface area contributed by atoms with Gasteiger partial charge in [-0.3, -0.25) is 5.10 Å². The highest BCUT2D eigenvalue weighted by atomic mass is 32.2. The van der Waals surface area contributed by atoms with Crippen molar-refractivity contribution in [2.24, 2.45) is 0 Å². The van der Waals surface area contributed by atoms with Gasteiger partial charge in [-0.2, -0.15) is 10.1 Å². The first-order valence-electron chi connectivity index (χ1n) is 8.20. The summed E-state index contributed by atoms with van der Waals surface area (Å²) < 4.78 is 23.0. The number of rotatable bonds is 6. The third-order valence-corrected chi connectivity index (χ3v) is 5.18. The molecule has 4 rings (SSSR count). The summed E-state index contributed by atoms with van der Waals surface area (Å²) in [6, 6.07) is 10.2. The number of nitrogens with one attached hydrogen (secondary N) is 3. The smallest absolute Gasteiger partial charge is 0.229 e. The molecule has 0 amide bonds. The van der Waals surface area contributed by atoms with Crippen LogP contribution in [0.15, 0.2) is 47.5 Å². The fourth-order valence-corrected chi connectivity index (χ4v) is 3.16. The first-order valence-corrected chi connectivity index (χ1v) is 10.1. The Morgan fingerprint density at radius 1 is 1.12 bits per heavy atom. The van der Waals surface area contributed by atoms with E-state index in [1.165, 1.54) is 19.1 Å². The molecule has 0 unspecified atom stereocenters. The zero-order valence-electron chi connectivity index (χ0n) is 14.1. The summed E-state index contributed by atoms with van der Waals surface area (Å²) in [5.41, 5.74) is 1.78. The zero-order chi connectivity index (χ0) is 18.1. The lowest BCUT2D eigenvalue weighted by Crippen LogP contribution is -2.01. The van der Waals surface area contributed by atoms with Gasteiger partial charge in [-0.15, -0.1) is 0 Å². The molecular weight excluding hydrogens is 352 g/mol. The number of hydrogen-bond donors (Lipinski definition) is 3. The largest absolute Gasteiger partial charge is 0.325 e. The SMILES string of the molecule is CS(=O)(=O)c1ccc(Nc2nccc(Nc3cc(C4CC4)n[nH]3)n2)cc1. The number of nitrogens with zero attached hydrogens (tertiary/aromatic N) is 3. The molecule has 3 N–H and O–H groups in total. The van der Waals surface area contributed by atoms with Crippen LogP contribution in [-0.2, 0) is 9.84 Å². The average molecular weight is 370 g/mol. The van der Waals surface area contributed by atoms with Crippen LogP contribution in [0, 0.1) is 0 Å². The minimum Gasteiger partial charge on any atom is -0.325 e. The van der Waals surface area contributed by atoms with E-state index < -0.39 is 9.84 Å². The monoisotopic (exact) mass is 370 g/mol. The summed E-state index contributed by atoms with van der Waals surface area (Å²) in [7, 11) is -3.21. The van der Waals surface area contributed by atoms with Gasteiger partial charge in [0.25, 0.3) is 0 Å². The average Bonchev–Trinajstić information content (AvgIpc) is 3.35.